The van der Waals surface area contributed by atoms with Crippen LogP contribution in [0.25, 0.3) is 0 Å². The van der Waals surface area contributed by atoms with Gasteiger partial charge in [0.25, 0.3) is 0 Å². The molecule has 0 bridgehead atoms. The van der Waals surface area contributed by atoms with Crippen LogP contribution in [0.1, 0.15) is 56.8 Å². The number of aliphatic hydroxyl groups is 1. The van der Waals surface area contributed by atoms with Crippen LogP contribution in [-0.4, -0.2) is 34.3 Å². The van der Waals surface area contributed by atoms with Gasteiger partial charge in [0.05, 0.1) is 6.10 Å². The second-order valence-corrected chi connectivity index (χ2v) is 5.49. The second kappa shape index (κ2) is 6.88. The molecule has 2 rings (SSSR count). The molecule has 20 heavy (non-hydrogen) atoms. The van der Waals surface area contributed by atoms with E-state index in [-0.39, 0.29) is 6.10 Å². The van der Waals surface area contributed by atoms with Gasteiger partial charge in [-0.15, -0.1) is 0 Å². The van der Waals surface area contributed by atoms with Crippen molar-refractivity contribution in [2.45, 2.75) is 58.5 Å². The Morgan fingerprint density at radius 3 is 2.40 bits per heavy atom. The summed E-state index contributed by atoms with van der Waals surface area (Å²) < 4.78 is 0. The zero-order valence-electron chi connectivity index (χ0n) is 12.7. The fraction of sp³-hybridized carbons (Fsp3) is 0.733. The lowest BCUT2D eigenvalue weighted by Crippen LogP contribution is -2.15. The first-order valence-corrected chi connectivity index (χ1v) is 7.70. The normalized spacial score (nSPS) is 16.0. The Hall–Kier alpha value is -1.36. The van der Waals surface area contributed by atoms with Crippen LogP contribution in [0.15, 0.2) is 0 Å². The lowest BCUT2D eigenvalue weighted by atomic mass is 10.2. The molecule has 1 aliphatic carbocycles. The van der Waals surface area contributed by atoms with Crippen molar-refractivity contribution in [2.24, 2.45) is 0 Å². The number of nitrogens with zero attached hydrogens (tertiary/aromatic N) is 2. The average molecular weight is 278 g/mol. The summed E-state index contributed by atoms with van der Waals surface area (Å²) in [6, 6.07) is 0. The molecule has 112 valence electrons. The van der Waals surface area contributed by atoms with Crippen molar-refractivity contribution >= 4 is 11.6 Å². The van der Waals surface area contributed by atoms with E-state index < -0.39 is 0 Å². The summed E-state index contributed by atoms with van der Waals surface area (Å²) in [6.07, 6.45) is 3.70. The molecule has 0 aromatic carbocycles. The number of anilines is 2. The van der Waals surface area contributed by atoms with Gasteiger partial charge in [-0.25, -0.2) is 9.97 Å². The summed E-state index contributed by atoms with van der Waals surface area (Å²) in [5.41, 5.74) is 1.06. The van der Waals surface area contributed by atoms with Crippen LogP contribution in [0, 0.1) is 6.92 Å². The van der Waals surface area contributed by atoms with Gasteiger partial charge in [-0.1, -0.05) is 6.92 Å². The Labute approximate surface area is 121 Å². The molecule has 1 aliphatic rings. The molecule has 3 N–H and O–H groups in total. The van der Waals surface area contributed by atoms with Gasteiger partial charge in [-0.2, -0.15) is 0 Å². The lowest BCUT2D eigenvalue weighted by molar-refractivity contribution is 0.164. The van der Waals surface area contributed by atoms with Gasteiger partial charge < -0.3 is 15.7 Å². The Morgan fingerprint density at radius 2 is 1.85 bits per heavy atom. The highest BCUT2D eigenvalue weighted by molar-refractivity contribution is 5.57. The summed E-state index contributed by atoms with van der Waals surface area (Å²) in [7, 11) is 0. The zero-order chi connectivity index (χ0) is 14.5. The summed E-state index contributed by atoms with van der Waals surface area (Å²) >= 11 is 0. The maximum absolute atomic E-state index is 9.61. The maximum Gasteiger partial charge on any atom is 0.136 e. The fourth-order valence-electron chi connectivity index (χ4n) is 2.13. The van der Waals surface area contributed by atoms with E-state index in [1.807, 2.05) is 13.8 Å². The van der Waals surface area contributed by atoms with Crippen molar-refractivity contribution in [3.05, 3.63) is 11.4 Å². The van der Waals surface area contributed by atoms with Crippen molar-refractivity contribution in [3.63, 3.8) is 0 Å². The molecule has 1 fully saturated rings. The van der Waals surface area contributed by atoms with Crippen LogP contribution in [0.5, 0.6) is 0 Å². The van der Waals surface area contributed by atoms with Gasteiger partial charge in [0.15, 0.2) is 0 Å². The van der Waals surface area contributed by atoms with E-state index in [4.69, 9.17) is 0 Å². The summed E-state index contributed by atoms with van der Waals surface area (Å²) in [6.45, 7) is 7.70. The SMILES string of the molecule is CCNc1nc(C2CC2)nc(NCCC(O)CC)c1C. The summed E-state index contributed by atoms with van der Waals surface area (Å²) in [5, 5.41) is 16.3. The minimum absolute atomic E-state index is 0.235. The van der Waals surface area contributed by atoms with Crippen LogP contribution in [0.3, 0.4) is 0 Å². The molecule has 1 heterocycles. The van der Waals surface area contributed by atoms with Gasteiger partial charge >= 0.3 is 0 Å². The zero-order valence-corrected chi connectivity index (χ0v) is 12.7. The van der Waals surface area contributed by atoms with E-state index in [2.05, 4.69) is 27.5 Å². The standard InChI is InChI=1S/C15H26N4O/c1-4-12(20)8-9-17-14-10(3)13(16-5-2)18-15(19-14)11-6-7-11/h11-12,20H,4-9H2,1-3H3,(H2,16,17,18,19). The van der Waals surface area contributed by atoms with E-state index in [9.17, 15) is 5.11 Å². The highest BCUT2D eigenvalue weighted by Crippen LogP contribution is 2.39. The molecule has 0 spiro atoms. The Kier molecular flexibility index (Phi) is 5.17. The first-order valence-electron chi connectivity index (χ1n) is 7.70. The van der Waals surface area contributed by atoms with E-state index in [0.717, 1.165) is 49.0 Å². The topological polar surface area (TPSA) is 70.1 Å². The summed E-state index contributed by atoms with van der Waals surface area (Å²) in [4.78, 5) is 9.29. The average Bonchev–Trinajstić information content (AvgIpc) is 3.27. The van der Waals surface area contributed by atoms with Crippen molar-refractivity contribution in [2.75, 3.05) is 23.7 Å². The third-order valence-electron chi connectivity index (χ3n) is 3.69. The van der Waals surface area contributed by atoms with Crippen molar-refractivity contribution < 1.29 is 5.11 Å². The number of aliphatic hydroxyl groups excluding tert-OH is 1. The monoisotopic (exact) mass is 278 g/mol. The predicted octanol–water partition coefficient (Wildman–Crippen LogP) is 2.67. The summed E-state index contributed by atoms with van der Waals surface area (Å²) in [5.74, 6) is 3.32. The van der Waals surface area contributed by atoms with Crippen LogP contribution in [0.4, 0.5) is 11.6 Å². The van der Waals surface area contributed by atoms with Gasteiger partial charge in [-0.05, 0) is 39.5 Å². The molecule has 1 atom stereocenters. The smallest absolute Gasteiger partial charge is 0.136 e. The van der Waals surface area contributed by atoms with E-state index in [0.29, 0.717) is 5.92 Å². The highest BCUT2D eigenvalue weighted by atomic mass is 16.3. The molecule has 1 unspecified atom stereocenters. The van der Waals surface area contributed by atoms with Gasteiger partial charge in [0.1, 0.15) is 17.5 Å². The van der Waals surface area contributed by atoms with Crippen molar-refractivity contribution in [3.8, 4) is 0 Å². The molecular formula is C15H26N4O. The minimum atomic E-state index is -0.235. The van der Waals surface area contributed by atoms with Crippen LogP contribution >= 0.6 is 0 Å². The van der Waals surface area contributed by atoms with E-state index in [1.165, 1.54) is 12.8 Å². The number of aromatic nitrogens is 2. The largest absolute Gasteiger partial charge is 0.393 e. The number of rotatable bonds is 8. The predicted molar refractivity (Wildman–Crippen MR) is 82.3 cm³/mol. The van der Waals surface area contributed by atoms with E-state index in [1.54, 1.807) is 0 Å². The number of hydrogen-bond acceptors (Lipinski definition) is 5. The molecular weight excluding hydrogens is 252 g/mol. The molecule has 0 amide bonds. The van der Waals surface area contributed by atoms with Gasteiger partial charge in [0, 0.05) is 24.6 Å². The third-order valence-corrected chi connectivity index (χ3v) is 3.69. The Balaban J connectivity index is 2.08. The van der Waals surface area contributed by atoms with Crippen molar-refractivity contribution in [1.29, 1.82) is 0 Å². The Morgan fingerprint density at radius 1 is 1.20 bits per heavy atom. The van der Waals surface area contributed by atoms with E-state index >= 15 is 0 Å². The van der Waals surface area contributed by atoms with Crippen LogP contribution in [0.2, 0.25) is 0 Å². The maximum atomic E-state index is 9.61. The lowest BCUT2D eigenvalue weighted by Gasteiger charge is -2.15. The van der Waals surface area contributed by atoms with Crippen molar-refractivity contribution in [1.82, 2.24) is 9.97 Å². The second-order valence-electron chi connectivity index (χ2n) is 5.49. The molecule has 0 saturated heterocycles. The first-order chi connectivity index (χ1) is 9.65. The minimum Gasteiger partial charge on any atom is -0.393 e. The molecule has 0 aliphatic heterocycles. The van der Waals surface area contributed by atoms with Crippen LogP contribution in [-0.2, 0) is 0 Å². The quantitative estimate of drug-likeness (QED) is 0.682. The molecule has 0 radical (unpaired) electrons. The highest BCUT2D eigenvalue weighted by Gasteiger charge is 2.28. The first kappa shape index (κ1) is 15.0. The fourth-order valence-corrected chi connectivity index (χ4v) is 2.13. The molecule has 1 aromatic rings. The van der Waals surface area contributed by atoms with Gasteiger partial charge in [-0.3, -0.25) is 0 Å². The third kappa shape index (κ3) is 3.82. The molecule has 1 saturated carbocycles. The molecule has 1 aromatic heterocycles. The molecule has 5 nitrogen and oxygen atoms in total. The molecule has 5 heteroatoms. The number of nitrogens with one attached hydrogen (secondary N) is 2. The Bertz CT molecular complexity index is 446. The number of hydrogen-bond donors (Lipinski definition) is 3. The van der Waals surface area contributed by atoms with Crippen LogP contribution < -0.4 is 10.6 Å². The van der Waals surface area contributed by atoms with Gasteiger partial charge in [0.2, 0.25) is 0 Å².